The van der Waals surface area contributed by atoms with Crippen LogP contribution in [0.4, 0.5) is 0 Å². The van der Waals surface area contributed by atoms with Crippen LogP contribution in [0.1, 0.15) is 35.7 Å². The van der Waals surface area contributed by atoms with E-state index in [-0.39, 0.29) is 22.6 Å². The SMILES string of the molecule is CCOc1ccc(C2(CNC(=O)c3cc(Cl)ccc3O)CCOCC2)cc1. The summed E-state index contributed by atoms with van der Waals surface area (Å²) in [7, 11) is 0. The number of nitrogens with one attached hydrogen (secondary N) is 1. The summed E-state index contributed by atoms with van der Waals surface area (Å²) in [5.74, 6) is 0.405. The first-order valence-corrected chi connectivity index (χ1v) is 9.50. The van der Waals surface area contributed by atoms with E-state index in [4.69, 9.17) is 21.1 Å². The summed E-state index contributed by atoms with van der Waals surface area (Å²) in [6, 6.07) is 12.5. The van der Waals surface area contributed by atoms with Crippen LogP contribution in [-0.2, 0) is 10.2 Å². The van der Waals surface area contributed by atoms with E-state index in [1.807, 2.05) is 19.1 Å². The Labute approximate surface area is 164 Å². The van der Waals surface area contributed by atoms with Gasteiger partial charge in [-0.05, 0) is 55.7 Å². The Balaban J connectivity index is 1.78. The van der Waals surface area contributed by atoms with E-state index in [2.05, 4.69) is 17.4 Å². The van der Waals surface area contributed by atoms with Gasteiger partial charge in [-0.2, -0.15) is 0 Å². The van der Waals surface area contributed by atoms with Gasteiger partial charge >= 0.3 is 0 Å². The van der Waals surface area contributed by atoms with Crippen molar-refractivity contribution in [2.24, 2.45) is 0 Å². The molecule has 1 fully saturated rings. The van der Waals surface area contributed by atoms with Crippen LogP contribution < -0.4 is 10.1 Å². The summed E-state index contributed by atoms with van der Waals surface area (Å²) >= 11 is 5.95. The van der Waals surface area contributed by atoms with Crippen LogP contribution in [0.15, 0.2) is 42.5 Å². The van der Waals surface area contributed by atoms with Crippen LogP contribution in [0.2, 0.25) is 5.02 Å². The second kappa shape index (κ2) is 8.63. The Morgan fingerprint density at radius 2 is 1.93 bits per heavy atom. The summed E-state index contributed by atoms with van der Waals surface area (Å²) in [5, 5.41) is 13.3. The zero-order chi connectivity index (χ0) is 19.3. The van der Waals surface area contributed by atoms with Gasteiger partial charge in [0.05, 0.1) is 12.2 Å². The fourth-order valence-electron chi connectivity index (χ4n) is 3.44. The van der Waals surface area contributed by atoms with Gasteiger partial charge in [0.15, 0.2) is 0 Å². The minimum atomic E-state index is -0.341. The minimum Gasteiger partial charge on any atom is -0.507 e. The molecule has 0 saturated carbocycles. The zero-order valence-electron chi connectivity index (χ0n) is 15.3. The van der Waals surface area contributed by atoms with Gasteiger partial charge in [0, 0.05) is 30.2 Å². The van der Waals surface area contributed by atoms with E-state index < -0.39 is 0 Å². The molecular formula is C21H24ClNO4. The molecule has 0 aliphatic carbocycles. The first kappa shape index (κ1) is 19.5. The fourth-order valence-corrected chi connectivity index (χ4v) is 3.61. The van der Waals surface area contributed by atoms with Gasteiger partial charge in [0.2, 0.25) is 0 Å². The highest BCUT2D eigenvalue weighted by Crippen LogP contribution is 2.35. The molecule has 3 rings (SSSR count). The lowest BCUT2D eigenvalue weighted by Crippen LogP contribution is -2.44. The van der Waals surface area contributed by atoms with E-state index in [0.717, 1.165) is 24.2 Å². The molecule has 1 aliphatic rings. The summed E-state index contributed by atoms with van der Waals surface area (Å²) in [5.41, 5.74) is 1.11. The van der Waals surface area contributed by atoms with Crippen LogP contribution in [0, 0.1) is 0 Å². The van der Waals surface area contributed by atoms with Crippen molar-refractivity contribution >= 4 is 17.5 Å². The molecule has 1 saturated heterocycles. The van der Waals surface area contributed by atoms with Crippen molar-refractivity contribution in [1.29, 1.82) is 0 Å². The lowest BCUT2D eigenvalue weighted by molar-refractivity contribution is 0.0486. The number of benzene rings is 2. The minimum absolute atomic E-state index is 0.0843. The molecule has 5 nitrogen and oxygen atoms in total. The number of ether oxygens (including phenoxy) is 2. The molecule has 6 heteroatoms. The molecule has 0 radical (unpaired) electrons. The van der Waals surface area contributed by atoms with Crippen molar-refractivity contribution < 1.29 is 19.4 Å². The van der Waals surface area contributed by atoms with Crippen LogP contribution in [0.3, 0.4) is 0 Å². The van der Waals surface area contributed by atoms with Gasteiger partial charge in [0.25, 0.3) is 5.91 Å². The molecule has 27 heavy (non-hydrogen) atoms. The molecule has 2 N–H and O–H groups in total. The molecule has 0 unspecified atom stereocenters. The third-order valence-electron chi connectivity index (χ3n) is 5.02. The Morgan fingerprint density at radius 1 is 1.22 bits per heavy atom. The van der Waals surface area contributed by atoms with E-state index >= 15 is 0 Å². The van der Waals surface area contributed by atoms with Crippen molar-refractivity contribution in [3.63, 3.8) is 0 Å². The van der Waals surface area contributed by atoms with Gasteiger partial charge in [-0.3, -0.25) is 4.79 Å². The normalized spacial score (nSPS) is 15.9. The predicted molar refractivity (Wildman–Crippen MR) is 105 cm³/mol. The number of phenolic OH excluding ortho intramolecular Hbond substituents is 1. The van der Waals surface area contributed by atoms with Crippen molar-refractivity contribution in [1.82, 2.24) is 5.32 Å². The van der Waals surface area contributed by atoms with Crippen molar-refractivity contribution in [2.45, 2.75) is 25.2 Å². The average Bonchev–Trinajstić information content (AvgIpc) is 2.69. The third-order valence-corrected chi connectivity index (χ3v) is 5.25. The number of hydrogen-bond acceptors (Lipinski definition) is 4. The highest BCUT2D eigenvalue weighted by molar-refractivity contribution is 6.31. The Bertz CT molecular complexity index is 785. The monoisotopic (exact) mass is 389 g/mol. The molecule has 0 atom stereocenters. The number of rotatable bonds is 6. The largest absolute Gasteiger partial charge is 0.507 e. The van der Waals surface area contributed by atoms with Crippen molar-refractivity contribution in [3.8, 4) is 11.5 Å². The highest BCUT2D eigenvalue weighted by atomic mass is 35.5. The van der Waals surface area contributed by atoms with E-state index in [1.54, 1.807) is 6.07 Å². The number of hydrogen-bond donors (Lipinski definition) is 2. The maximum absolute atomic E-state index is 12.6. The number of phenols is 1. The van der Waals surface area contributed by atoms with Gasteiger partial charge in [-0.25, -0.2) is 0 Å². The number of carbonyl (C=O) groups excluding carboxylic acids is 1. The molecule has 0 bridgehead atoms. The maximum atomic E-state index is 12.6. The van der Waals surface area contributed by atoms with Crippen LogP contribution in [0.5, 0.6) is 11.5 Å². The molecule has 1 aliphatic heterocycles. The van der Waals surface area contributed by atoms with E-state index in [1.165, 1.54) is 12.1 Å². The van der Waals surface area contributed by atoms with E-state index in [9.17, 15) is 9.90 Å². The maximum Gasteiger partial charge on any atom is 0.255 e. The van der Waals surface area contributed by atoms with Gasteiger partial charge in [-0.15, -0.1) is 0 Å². The number of amides is 1. The van der Waals surface area contributed by atoms with Crippen LogP contribution >= 0.6 is 11.6 Å². The molecule has 0 aromatic heterocycles. The molecule has 144 valence electrons. The summed E-state index contributed by atoms with van der Waals surface area (Å²) in [6.45, 7) is 4.32. The van der Waals surface area contributed by atoms with Gasteiger partial charge in [-0.1, -0.05) is 23.7 Å². The van der Waals surface area contributed by atoms with Crippen LogP contribution in [-0.4, -0.2) is 37.4 Å². The standard InChI is InChI=1S/C21H24ClNO4/c1-2-27-17-6-3-15(4-7-17)21(9-11-26-12-10-21)14-23-20(25)18-13-16(22)5-8-19(18)24/h3-8,13,24H,2,9-12,14H2,1H3,(H,23,25). The third kappa shape index (κ3) is 4.54. The number of carbonyl (C=O) groups is 1. The number of aromatic hydroxyl groups is 1. The Morgan fingerprint density at radius 3 is 2.59 bits per heavy atom. The molecule has 0 spiro atoms. The van der Waals surface area contributed by atoms with E-state index in [0.29, 0.717) is 31.4 Å². The Hall–Kier alpha value is -2.24. The number of halogens is 1. The smallest absolute Gasteiger partial charge is 0.255 e. The van der Waals surface area contributed by atoms with Crippen molar-refractivity contribution in [3.05, 3.63) is 58.6 Å². The molecule has 2 aromatic carbocycles. The van der Waals surface area contributed by atoms with Crippen LogP contribution in [0.25, 0.3) is 0 Å². The second-order valence-electron chi connectivity index (χ2n) is 6.69. The lowest BCUT2D eigenvalue weighted by atomic mass is 9.74. The highest BCUT2D eigenvalue weighted by Gasteiger charge is 2.35. The molecule has 1 amide bonds. The average molecular weight is 390 g/mol. The van der Waals surface area contributed by atoms with Gasteiger partial charge < -0.3 is 19.9 Å². The molecular weight excluding hydrogens is 366 g/mol. The summed E-state index contributed by atoms with van der Waals surface area (Å²) in [4.78, 5) is 12.6. The fraction of sp³-hybridized carbons (Fsp3) is 0.381. The first-order chi connectivity index (χ1) is 13.0. The van der Waals surface area contributed by atoms with Crippen molar-refractivity contribution in [2.75, 3.05) is 26.4 Å². The predicted octanol–water partition coefficient (Wildman–Crippen LogP) is 3.92. The second-order valence-corrected chi connectivity index (χ2v) is 7.13. The first-order valence-electron chi connectivity index (χ1n) is 9.12. The molecule has 1 heterocycles. The Kier molecular flexibility index (Phi) is 6.24. The lowest BCUT2D eigenvalue weighted by Gasteiger charge is -2.38. The van der Waals surface area contributed by atoms with Gasteiger partial charge in [0.1, 0.15) is 11.5 Å². The molecule has 2 aromatic rings. The quantitative estimate of drug-likeness (QED) is 0.785. The zero-order valence-corrected chi connectivity index (χ0v) is 16.1. The summed E-state index contributed by atoms with van der Waals surface area (Å²) < 4.78 is 11.1. The topological polar surface area (TPSA) is 67.8 Å². The summed E-state index contributed by atoms with van der Waals surface area (Å²) in [6.07, 6.45) is 1.62.